The molecule has 140 valence electrons. The highest BCUT2D eigenvalue weighted by Gasteiger charge is 2.31. The Morgan fingerprint density at radius 3 is 2.08 bits per heavy atom. The zero-order valence-corrected chi connectivity index (χ0v) is 15.5. The Balaban J connectivity index is 2.55. The Bertz CT molecular complexity index is 987. The largest absolute Gasteiger partial charge is 0.486 e. The molecule has 0 saturated carbocycles. The van der Waals surface area contributed by atoms with Gasteiger partial charge < -0.3 is 4.74 Å². The fourth-order valence-electron chi connectivity index (χ4n) is 2.22. The lowest BCUT2D eigenvalue weighted by Gasteiger charge is -2.22. The number of hydrogen-bond acceptors (Lipinski definition) is 7. The van der Waals surface area contributed by atoms with E-state index in [-0.39, 0.29) is 27.4 Å². The molecule has 0 aromatic heterocycles. The molecule has 0 unspecified atom stereocenters. The second-order valence-electron chi connectivity index (χ2n) is 5.41. The predicted octanol–water partition coefficient (Wildman–Crippen LogP) is 1.90. The molecule has 0 heterocycles. The molecule has 0 saturated heterocycles. The molecule has 2 rings (SSSR count). The summed E-state index contributed by atoms with van der Waals surface area (Å²) >= 11 is 0. The van der Waals surface area contributed by atoms with E-state index < -0.39 is 25.0 Å². The first kappa shape index (κ1) is 19.7. The second kappa shape index (κ2) is 7.30. The molecule has 0 bridgehead atoms. The van der Waals surface area contributed by atoms with E-state index in [1.165, 1.54) is 0 Å². The van der Waals surface area contributed by atoms with Crippen LogP contribution in [0, 0.1) is 10.1 Å². The van der Waals surface area contributed by atoms with E-state index in [0.717, 1.165) is 36.3 Å². The highest BCUT2D eigenvalue weighted by molar-refractivity contribution is 8.09. The molecule has 2 aromatic carbocycles. The molecule has 0 atom stereocenters. The molecule has 0 aliphatic carbocycles. The molecule has 26 heavy (non-hydrogen) atoms. The number of sulfonamides is 2. The normalized spacial score (nSPS) is 11.8. The van der Waals surface area contributed by atoms with Gasteiger partial charge in [0.25, 0.3) is 5.69 Å². The van der Waals surface area contributed by atoms with Gasteiger partial charge in [-0.1, -0.05) is 30.3 Å². The molecule has 0 fully saturated rings. The van der Waals surface area contributed by atoms with Crippen LogP contribution in [0.25, 0.3) is 0 Å². The van der Waals surface area contributed by atoms with Gasteiger partial charge in [0, 0.05) is 6.07 Å². The first-order chi connectivity index (χ1) is 12.0. The van der Waals surface area contributed by atoms with Gasteiger partial charge in [-0.25, -0.2) is 16.8 Å². The molecule has 0 amide bonds. The first-order valence-electron chi connectivity index (χ1n) is 7.16. The number of nitrogens with zero attached hydrogens (tertiary/aromatic N) is 2. The lowest BCUT2D eigenvalue weighted by Crippen LogP contribution is -2.35. The summed E-state index contributed by atoms with van der Waals surface area (Å²) in [5, 5.41) is 11.0. The van der Waals surface area contributed by atoms with Crippen molar-refractivity contribution < 1.29 is 26.5 Å². The van der Waals surface area contributed by atoms with Crippen molar-refractivity contribution in [2.24, 2.45) is 0 Å². The summed E-state index contributed by atoms with van der Waals surface area (Å²) in [7, 11) is -8.44. The van der Waals surface area contributed by atoms with Crippen molar-refractivity contribution in [2.45, 2.75) is 6.61 Å². The van der Waals surface area contributed by atoms with Gasteiger partial charge in [-0.3, -0.25) is 10.1 Å². The maximum absolute atomic E-state index is 12.0. The highest BCUT2D eigenvalue weighted by Crippen LogP contribution is 2.35. The number of anilines is 1. The average molecular weight is 400 g/mol. The van der Waals surface area contributed by atoms with Crippen LogP contribution in [0.4, 0.5) is 11.4 Å². The molecule has 0 N–H and O–H groups in total. The smallest absolute Gasteiger partial charge is 0.273 e. The lowest BCUT2D eigenvalue weighted by atomic mass is 10.2. The van der Waals surface area contributed by atoms with Crippen LogP contribution >= 0.6 is 0 Å². The summed E-state index contributed by atoms with van der Waals surface area (Å²) < 4.78 is 53.6. The van der Waals surface area contributed by atoms with Gasteiger partial charge in [-0.2, -0.15) is 3.71 Å². The van der Waals surface area contributed by atoms with Crippen LogP contribution < -0.4 is 8.45 Å². The van der Waals surface area contributed by atoms with Crippen LogP contribution in [-0.2, 0) is 26.7 Å². The number of nitro groups is 1. The van der Waals surface area contributed by atoms with E-state index in [9.17, 15) is 26.9 Å². The maximum atomic E-state index is 12.0. The van der Waals surface area contributed by atoms with Gasteiger partial charge in [-0.05, 0) is 11.6 Å². The Labute approximate surface area is 151 Å². The van der Waals surface area contributed by atoms with Gasteiger partial charge in [0.2, 0.25) is 20.0 Å². The van der Waals surface area contributed by atoms with E-state index in [1.54, 1.807) is 30.3 Å². The van der Waals surface area contributed by atoms with Crippen LogP contribution in [0.15, 0.2) is 48.5 Å². The summed E-state index contributed by atoms with van der Waals surface area (Å²) in [6.07, 6.45) is 1.44. The van der Waals surface area contributed by atoms with E-state index >= 15 is 0 Å². The Kier molecular flexibility index (Phi) is 5.52. The van der Waals surface area contributed by atoms with Gasteiger partial charge in [0.15, 0.2) is 5.75 Å². The second-order valence-corrected chi connectivity index (χ2v) is 9.30. The minimum Gasteiger partial charge on any atom is -0.486 e. The maximum Gasteiger partial charge on any atom is 0.273 e. The monoisotopic (exact) mass is 400 g/mol. The number of non-ortho nitro benzene ring substituents is 1. The fourth-order valence-corrected chi connectivity index (χ4v) is 5.21. The van der Waals surface area contributed by atoms with Crippen molar-refractivity contribution in [1.29, 1.82) is 0 Å². The van der Waals surface area contributed by atoms with Gasteiger partial charge >= 0.3 is 0 Å². The minimum absolute atomic E-state index is 0.0314. The topological polar surface area (TPSA) is 124 Å². The number of ether oxygens (including phenoxy) is 1. The Morgan fingerprint density at radius 1 is 1.00 bits per heavy atom. The van der Waals surface area contributed by atoms with Gasteiger partial charge in [0.05, 0.1) is 23.5 Å². The van der Waals surface area contributed by atoms with Crippen LogP contribution in [0.3, 0.4) is 0 Å². The fraction of sp³-hybridized carbons (Fsp3) is 0.200. The van der Waals surface area contributed by atoms with Crippen LogP contribution in [0.2, 0.25) is 0 Å². The first-order valence-corrected chi connectivity index (χ1v) is 10.9. The number of nitro benzene ring substituents is 1. The zero-order valence-electron chi connectivity index (χ0n) is 13.9. The van der Waals surface area contributed by atoms with E-state index in [4.69, 9.17) is 4.74 Å². The van der Waals surface area contributed by atoms with Crippen molar-refractivity contribution in [2.75, 3.05) is 16.2 Å². The van der Waals surface area contributed by atoms with E-state index in [0.29, 0.717) is 0 Å². The molecule has 9 nitrogen and oxygen atoms in total. The van der Waals surface area contributed by atoms with Crippen molar-refractivity contribution in [3.63, 3.8) is 0 Å². The summed E-state index contributed by atoms with van der Waals surface area (Å²) in [4.78, 5) is 10.3. The highest BCUT2D eigenvalue weighted by atomic mass is 32.3. The standard InChI is InChI=1S/C15H16N2O7S2/c1-25(20,21)17(26(2,22)23)14-9-8-13(16(18)19)10-15(14)24-11-12-6-4-3-5-7-12/h3-10H,11H2,1-2H3. The summed E-state index contributed by atoms with van der Waals surface area (Å²) in [6.45, 7) is -0.0314. The molecule has 11 heteroatoms. The van der Waals surface area contributed by atoms with Crippen LogP contribution in [0.1, 0.15) is 5.56 Å². The minimum atomic E-state index is -4.22. The number of rotatable bonds is 7. The van der Waals surface area contributed by atoms with Gasteiger partial charge in [-0.15, -0.1) is 0 Å². The molecular formula is C15H16N2O7S2. The van der Waals surface area contributed by atoms with Crippen molar-refractivity contribution in [1.82, 2.24) is 0 Å². The van der Waals surface area contributed by atoms with Crippen LogP contribution in [-0.4, -0.2) is 34.3 Å². The van der Waals surface area contributed by atoms with Gasteiger partial charge in [0.1, 0.15) is 12.3 Å². The number of hydrogen-bond donors (Lipinski definition) is 0. The molecular weight excluding hydrogens is 384 g/mol. The molecule has 2 aromatic rings. The number of benzene rings is 2. The summed E-state index contributed by atoms with van der Waals surface area (Å²) in [6, 6.07) is 11.8. The van der Waals surface area contributed by atoms with Crippen molar-refractivity contribution >= 4 is 31.4 Å². The zero-order chi connectivity index (χ0) is 19.5. The molecule has 0 spiro atoms. The Morgan fingerprint density at radius 2 is 1.58 bits per heavy atom. The lowest BCUT2D eigenvalue weighted by molar-refractivity contribution is -0.384. The third-order valence-electron chi connectivity index (χ3n) is 3.19. The SMILES string of the molecule is CS(=O)(=O)N(c1ccc([N+](=O)[O-])cc1OCc1ccccc1)S(C)(=O)=O. The van der Waals surface area contributed by atoms with E-state index in [2.05, 4.69) is 0 Å². The summed E-state index contributed by atoms with van der Waals surface area (Å²) in [5.41, 5.74) is 0.0329. The van der Waals surface area contributed by atoms with Crippen molar-refractivity contribution in [3.05, 3.63) is 64.2 Å². The average Bonchev–Trinajstić information content (AvgIpc) is 2.52. The molecule has 0 radical (unpaired) electrons. The van der Waals surface area contributed by atoms with Crippen molar-refractivity contribution in [3.8, 4) is 5.75 Å². The molecule has 0 aliphatic heterocycles. The Hall–Kier alpha value is -2.66. The quantitative estimate of drug-likeness (QED) is 0.513. The van der Waals surface area contributed by atoms with E-state index in [1.807, 2.05) is 0 Å². The third-order valence-corrected chi connectivity index (χ3v) is 6.41. The summed E-state index contributed by atoms with van der Waals surface area (Å²) in [5.74, 6) is -0.237. The predicted molar refractivity (Wildman–Crippen MR) is 96.0 cm³/mol. The van der Waals surface area contributed by atoms with Crippen LogP contribution in [0.5, 0.6) is 5.75 Å². The third kappa shape index (κ3) is 4.70. The molecule has 0 aliphatic rings.